The van der Waals surface area contributed by atoms with Crippen LogP contribution in [0.15, 0.2) is 70.0 Å². The monoisotopic (exact) mass is 489 g/mol. The van der Waals surface area contributed by atoms with Crippen LogP contribution < -0.4 is 16.2 Å². The van der Waals surface area contributed by atoms with Gasteiger partial charge in [0.15, 0.2) is 0 Å². The van der Waals surface area contributed by atoms with Crippen molar-refractivity contribution in [1.29, 1.82) is 0 Å². The molecule has 0 bridgehead atoms. The van der Waals surface area contributed by atoms with Crippen LogP contribution in [0.25, 0.3) is 22.3 Å². The van der Waals surface area contributed by atoms with Gasteiger partial charge < -0.3 is 16.2 Å². The first-order chi connectivity index (χ1) is 14.2. The van der Waals surface area contributed by atoms with E-state index in [0.29, 0.717) is 22.4 Å². The number of hydrogen-bond acceptors (Lipinski definition) is 5. The molecule has 0 saturated carbocycles. The van der Waals surface area contributed by atoms with E-state index in [-0.39, 0.29) is 24.0 Å². The number of primary sulfonamides is 1. The molecule has 0 radical (unpaired) electrons. The first-order valence-corrected chi connectivity index (χ1v) is 11.3. The zero-order chi connectivity index (χ0) is 21.9. The number of halogens is 1. The van der Waals surface area contributed by atoms with Crippen LogP contribution in [0.4, 0.5) is 5.69 Å². The topological polar surface area (TPSA) is 136 Å². The molecule has 3 aromatic rings. The summed E-state index contributed by atoms with van der Waals surface area (Å²) >= 11 is 3.38. The number of nitrogen functional groups attached to an aromatic ring is 1. The second-order valence-electron chi connectivity index (χ2n) is 6.58. The van der Waals surface area contributed by atoms with Crippen LogP contribution in [-0.2, 0) is 10.0 Å². The summed E-state index contributed by atoms with van der Waals surface area (Å²) in [6.45, 7) is -0.0468. The highest BCUT2D eigenvalue weighted by Crippen LogP contribution is 2.33. The van der Waals surface area contributed by atoms with Crippen LogP contribution >= 0.6 is 15.9 Å². The molecular formula is C21H20BrN3O4S. The lowest BCUT2D eigenvalue weighted by Crippen LogP contribution is -2.26. The molecule has 0 aliphatic heterocycles. The lowest BCUT2D eigenvalue weighted by molar-refractivity contribution is 0.0945. The third-order valence-electron chi connectivity index (χ3n) is 4.43. The summed E-state index contributed by atoms with van der Waals surface area (Å²) in [6, 6.07) is 16.8. The van der Waals surface area contributed by atoms with Gasteiger partial charge >= 0.3 is 0 Å². The fourth-order valence-corrected chi connectivity index (χ4v) is 3.88. The number of carbonyl (C=O) groups excluding carboxylic acids is 1. The highest BCUT2D eigenvalue weighted by atomic mass is 79.9. The average Bonchev–Trinajstić information content (AvgIpc) is 2.71. The lowest BCUT2D eigenvalue weighted by Gasteiger charge is -2.13. The summed E-state index contributed by atoms with van der Waals surface area (Å²) in [5.74, 6) is -0.344. The minimum Gasteiger partial charge on any atom is -0.398 e. The Morgan fingerprint density at radius 3 is 2.23 bits per heavy atom. The number of nitrogens with one attached hydrogen (secondary N) is 1. The summed E-state index contributed by atoms with van der Waals surface area (Å²) < 4.78 is 23.9. The third kappa shape index (κ3) is 5.06. The molecule has 0 aliphatic carbocycles. The molecule has 9 heteroatoms. The Balaban J connectivity index is 2.13. The molecule has 0 aliphatic rings. The maximum atomic E-state index is 12.5. The molecule has 0 spiro atoms. The first kappa shape index (κ1) is 22.0. The van der Waals surface area contributed by atoms with Crippen LogP contribution in [0.1, 0.15) is 10.4 Å². The molecular weight excluding hydrogens is 470 g/mol. The highest BCUT2D eigenvalue weighted by molar-refractivity contribution is 9.10. The number of benzene rings is 3. The van der Waals surface area contributed by atoms with Gasteiger partial charge in [0.1, 0.15) is 0 Å². The summed E-state index contributed by atoms with van der Waals surface area (Å²) in [4.78, 5) is 12.5. The molecule has 1 amide bonds. The number of sulfonamides is 1. The predicted octanol–water partition coefficient (Wildman–Crippen LogP) is 2.73. The van der Waals surface area contributed by atoms with Crippen LogP contribution in [0, 0.1) is 0 Å². The molecule has 0 heterocycles. The number of carbonyl (C=O) groups is 1. The van der Waals surface area contributed by atoms with E-state index in [2.05, 4.69) is 21.2 Å². The van der Waals surface area contributed by atoms with Crippen LogP contribution in [0.3, 0.4) is 0 Å². The maximum Gasteiger partial charge on any atom is 0.251 e. The molecule has 156 valence electrons. The van der Waals surface area contributed by atoms with Gasteiger partial charge in [0.2, 0.25) is 10.0 Å². The number of nitrogens with two attached hydrogens (primary N) is 2. The van der Waals surface area contributed by atoms with Crippen molar-refractivity contribution in [2.45, 2.75) is 4.90 Å². The SMILES string of the molecule is Nc1cc(Br)ccc1-c1cc(C(=O)NCCO)cc(-c2ccc(S(N)(=O)=O)cc2)c1. The number of rotatable bonds is 6. The van der Waals surface area contributed by atoms with E-state index in [9.17, 15) is 13.2 Å². The first-order valence-electron chi connectivity index (χ1n) is 8.92. The van der Waals surface area contributed by atoms with Gasteiger partial charge in [0.25, 0.3) is 5.91 Å². The molecule has 0 aromatic heterocycles. The van der Waals surface area contributed by atoms with Gasteiger partial charge in [-0.25, -0.2) is 13.6 Å². The quantitative estimate of drug-likeness (QED) is 0.394. The van der Waals surface area contributed by atoms with E-state index in [4.69, 9.17) is 16.0 Å². The zero-order valence-electron chi connectivity index (χ0n) is 15.8. The molecule has 3 aromatic carbocycles. The predicted molar refractivity (Wildman–Crippen MR) is 120 cm³/mol. The second kappa shape index (κ2) is 8.97. The Kier molecular flexibility index (Phi) is 6.57. The van der Waals surface area contributed by atoms with E-state index < -0.39 is 10.0 Å². The molecule has 0 atom stereocenters. The summed E-state index contributed by atoms with van der Waals surface area (Å²) in [5.41, 5.74) is 9.97. The number of anilines is 1. The van der Waals surface area contributed by atoms with Crippen molar-refractivity contribution in [2.75, 3.05) is 18.9 Å². The Morgan fingerprint density at radius 1 is 0.967 bits per heavy atom. The second-order valence-corrected chi connectivity index (χ2v) is 9.06. The van der Waals surface area contributed by atoms with E-state index in [1.165, 1.54) is 12.1 Å². The molecule has 7 nitrogen and oxygen atoms in total. The van der Waals surface area contributed by atoms with Gasteiger partial charge in [0, 0.05) is 27.8 Å². The van der Waals surface area contributed by atoms with Crippen molar-refractivity contribution < 1.29 is 18.3 Å². The molecule has 3 rings (SSSR count). The zero-order valence-corrected chi connectivity index (χ0v) is 18.2. The molecule has 6 N–H and O–H groups in total. The Labute approximate surface area is 182 Å². The van der Waals surface area contributed by atoms with E-state index >= 15 is 0 Å². The van der Waals surface area contributed by atoms with Gasteiger partial charge in [0.05, 0.1) is 11.5 Å². The van der Waals surface area contributed by atoms with Crippen molar-refractivity contribution in [3.8, 4) is 22.3 Å². The standard InChI is InChI=1S/C21H20BrN3O4S/c22-17-3-6-19(20(23)12-17)15-9-14(10-16(11-15)21(27)25-7-8-26)13-1-4-18(5-2-13)30(24,28)29/h1-6,9-12,26H,7-8,23H2,(H,25,27)(H2,24,28,29). The van der Waals surface area contributed by atoms with Crippen molar-refractivity contribution in [2.24, 2.45) is 5.14 Å². The van der Waals surface area contributed by atoms with Gasteiger partial charge in [-0.05, 0) is 59.2 Å². The summed E-state index contributed by atoms with van der Waals surface area (Å²) in [6.07, 6.45) is 0. The Hall–Kier alpha value is -2.72. The molecule has 0 unspecified atom stereocenters. The summed E-state index contributed by atoms with van der Waals surface area (Å²) in [7, 11) is -3.80. The van der Waals surface area contributed by atoms with Gasteiger partial charge in [-0.1, -0.05) is 34.1 Å². The van der Waals surface area contributed by atoms with Crippen LogP contribution in [0.2, 0.25) is 0 Å². The largest absolute Gasteiger partial charge is 0.398 e. The van der Waals surface area contributed by atoms with E-state index in [1.807, 2.05) is 18.2 Å². The van der Waals surface area contributed by atoms with Crippen molar-refractivity contribution >= 4 is 37.5 Å². The maximum absolute atomic E-state index is 12.5. The number of aliphatic hydroxyl groups excluding tert-OH is 1. The van der Waals surface area contributed by atoms with Gasteiger partial charge in [-0.2, -0.15) is 0 Å². The van der Waals surface area contributed by atoms with Crippen molar-refractivity contribution in [3.05, 3.63) is 70.7 Å². The van der Waals surface area contributed by atoms with Crippen LogP contribution in [-0.4, -0.2) is 32.6 Å². The Bertz CT molecular complexity index is 1200. The van der Waals surface area contributed by atoms with Crippen LogP contribution in [0.5, 0.6) is 0 Å². The fraction of sp³-hybridized carbons (Fsp3) is 0.0952. The normalized spacial score (nSPS) is 11.3. The van der Waals surface area contributed by atoms with E-state index in [0.717, 1.165) is 15.6 Å². The van der Waals surface area contributed by atoms with Gasteiger partial charge in [-0.15, -0.1) is 0 Å². The van der Waals surface area contributed by atoms with E-state index in [1.54, 1.807) is 30.3 Å². The summed E-state index contributed by atoms with van der Waals surface area (Å²) in [5, 5.41) is 16.8. The average molecular weight is 490 g/mol. The third-order valence-corrected chi connectivity index (χ3v) is 5.86. The minimum atomic E-state index is -3.80. The number of hydrogen-bond donors (Lipinski definition) is 4. The lowest BCUT2D eigenvalue weighted by atomic mass is 9.95. The molecule has 30 heavy (non-hydrogen) atoms. The van der Waals surface area contributed by atoms with Crippen molar-refractivity contribution in [3.63, 3.8) is 0 Å². The number of aliphatic hydroxyl groups is 1. The molecule has 0 fully saturated rings. The molecule has 0 saturated heterocycles. The number of amides is 1. The minimum absolute atomic E-state index is 0.000436. The van der Waals surface area contributed by atoms with Gasteiger partial charge in [-0.3, -0.25) is 4.79 Å². The smallest absolute Gasteiger partial charge is 0.251 e. The highest BCUT2D eigenvalue weighted by Gasteiger charge is 2.14. The Morgan fingerprint density at radius 2 is 1.63 bits per heavy atom. The van der Waals surface area contributed by atoms with Crippen molar-refractivity contribution in [1.82, 2.24) is 5.32 Å². The fourth-order valence-electron chi connectivity index (χ4n) is 2.99.